The first-order valence-corrected chi connectivity index (χ1v) is 9.60. The predicted molar refractivity (Wildman–Crippen MR) is 85.2 cm³/mol. The topological polar surface area (TPSA) is 72.5 Å². The van der Waals surface area contributed by atoms with Gasteiger partial charge in [0.2, 0.25) is 5.91 Å². The fourth-order valence-corrected chi connectivity index (χ4v) is 4.38. The summed E-state index contributed by atoms with van der Waals surface area (Å²) in [5.41, 5.74) is -0.631. The number of carbonyl (C=O) groups excluding carboxylic acids is 1. The van der Waals surface area contributed by atoms with Crippen LogP contribution in [0.4, 0.5) is 4.39 Å². The lowest BCUT2D eigenvalue weighted by Crippen LogP contribution is -2.49. The summed E-state index contributed by atoms with van der Waals surface area (Å²) in [4.78, 5) is 12.7. The second kappa shape index (κ2) is 6.97. The van der Waals surface area contributed by atoms with Crippen molar-refractivity contribution < 1.29 is 22.3 Å². The highest BCUT2D eigenvalue weighted by Gasteiger charge is 2.43. The second-order valence-corrected chi connectivity index (χ2v) is 8.32. The molecule has 0 saturated carbocycles. The van der Waals surface area contributed by atoms with E-state index in [-0.39, 0.29) is 11.7 Å². The molecule has 0 radical (unpaired) electrons. The van der Waals surface area contributed by atoms with Crippen LogP contribution in [0.2, 0.25) is 0 Å². The number of sulfone groups is 1. The molecule has 0 aliphatic carbocycles. The standard InChI is InChI=1S/C16H22FNO4S/c1-12(13-5-3-4-6-14(13)17)18-15(19)16(11-23(2,20)21)7-9-22-10-8-16/h3-6,12H,7-11H2,1-2H3,(H,18,19)/t12-/m0/s1. The van der Waals surface area contributed by atoms with Gasteiger partial charge in [-0.2, -0.15) is 0 Å². The third kappa shape index (κ3) is 4.51. The highest BCUT2D eigenvalue weighted by atomic mass is 32.2. The van der Waals surface area contributed by atoms with Gasteiger partial charge in [-0.05, 0) is 25.8 Å². The quantitative estimate of drug-likeness (QED) is 0.885. The zero-order valence-electron chi connectivity index (χ0n) is 13.3. The molecule has 7 heteroatoms. The lowest BCUT2D eigenvalue weighted by atomic mass is 9.81. The predicted octanol–water partition coefficient (Wildman–Crippen LogP) is 1.84. The summed E-state index contributed by atoms with van der Waals surface area (Å²) >= 11 is 0. The smallest absolute Gasteiger partial charge is 0.227 e. The number of benzene rings is 1. The van der Waals surface area contributed by atoms with Crippen molar-refractivity contribution in [1.82, 2.24) is 5.32 Å². The Morgan fingerprint density at radius 1 is 1.35 bits per heavy atom. The molecule has 1 atom stereocenters. The van der Waals surface area contributed by atoms with Crippen LogP contribution in [0.3, 0.4) is 0 Å². The Kier molecular flexibility index (Phi) is 5.41. The third-order valence-electron chi connectivity index (χ3n) is 4.19. The number of carbonyl (C=O) groups is 1. The number of nitrogens with one attached hydrogen (secondary N) is 1. The molecular weight excluding hydrogens is 321 g/mol. The first-order chi connectivity index (χ1) is 10.7. The second-order valence-electron chi connectivity index (χ2n) is 6.18. The van der Waals surface area contributed by atoms with Crippen LogP contribution in [0.1, 0.15) is 31.4 Å². The molecule has 128 valence electrons. The van der Waals surface area contributed by atoms with Crippen molar-refractivity contribution in [3.63, 3.8) is 0 Å². The van der Waals surface area contributed by atoms with E-state index in [2.05, 4.69) is 5.32 Å². The summed E-state index contributed by atoms with van der Waals surface area (Å²) in [6.07, 6.45) is 1.81. The number of hydrogen-bond donors (Lipinski definition) is 1. The largest absolute Gasteiger partial charge is 0.381 e. The Bertz CT molecular complexity index is 668. The van der Waals surface area contributed by atoms with Crippen LogP contribution in [0.15, 0.2) is 24.3 Å². The SMILES string of the molecule is C[C@H](NC(=O)C1(CS(C)(=O)=O)CCOCC1)c1ccccc1F. The molecule has 1 amide bonds. The number of halogens is 1. The average molecular weight is 343 g/mol. The van der Waals surface area contributed by atoms with Gasteiger partial charge in [-0.25, -0.2) is 12.8 Å². The van der Waals surface area contributed by atoms with Crippen LogP contribution < -0.4 is 5.32 Å². The minimum absolute atomic E-state index is 0.223. The van der Waals surface area contributed by atoms with E-state index in [1.807, 2.05) is 0 Å². The average Bonchev–Trinajstić information content (AvgIpc) is 2.46. The Morgan fingerprint density at radius 3 is 2.52 bits per heavy atom. The molecule has 5 nitrogen and oxygen atoms in total. The van der Waals surface area contributed by atoms with Crippen LogP contribution in [0.5, 0.6) is 0 Å². The fourth-order valence-electron chi connectivity index (χ4n) is 2.95. The summed E-state index contributed by atoms with van der Waals surface area (Å²) in [6.45, 7) is 2.37. The van der Waals surface area contributed by atoms with Gasteiger partial charge in [-0.15, -0.1) is 0 Å². The summed E-state index contributed by atoms with van der Waals surface area (Å²) in [6, 6.07) is 5.67. The zero-order chi connectivity index (χ0) is 17.1. The van der Waals surface area contributed by atoms with Crippen molar-refractivity contribution in [2.45, 2.75) is 25.8 Å². The van der Waals surface area contributed by atoms with Gasteiger partial charge in [0.25, 0.3) is 0 Å². The van der Waals surface area contributed by atoms with Gasteiger partial charge in [0.15, 0.2) is 0 Å². The maximum absolute atomic E-state index is 13.8. The third-order valence-corrected chi connectivity index (χ3v) is 5.27. The van der Waals surface area contributed by atoms with Crippen molar-refractivity contribution >= 4 is 15.7 Å². The molecule has 1 aliphatic rings. The van der Waals surface area contributed by atoms with Crippen LogP contribution in [-0.4, -0.2) is 39.5 Å². The van der Waals surface area contributed by atoms with E-state index in [0.29, 0.717) is 31.6 Å². The lowest BCUT2D eigenvalue weighted by Gasteiger charge is -2.36. The van der Waals surface area contributed by atoms with E-state index in [1.54, 1.807) is 25.1 Å². The molecule has 1 N–H and O–H groups in total. The van der Waals surface area contributed by atoms with Crippen LogP contribution in [-0.2, 0) is 19.4 Å². The molecule has 0 unspecified atom stereocenters. The molecule has 1 saturated heterocycles. The van der Waals surface area contributed by atoms with E-state index in [4.69, 9.17) is 4.74 Å². The van der Waals surface area contributed by atoms with Gasteiger partial charge in [0.1, 0.15) is 15.7 Å². The number of hydrogen-bond acceptors (Lipinski definition) is 4. The van der Waals surface area contributed by atoms with Crippen molar-refractivity contribution in [2.24, 2.45) is 5.41 Å². The Balaban J connectivity index is 2.19. The molecule has 1 heterocycles. The first kappa shape index (κ1) is 17.9. The molecule has 0 aromatic heterocycles. The van der Waals surface area contributed by atoms with Gasteiger partial charge >= 0.3 is 0 Å². The molecule has 0 bridgehead atoms. The number of ether oxygens (including phenoxy) is 1. The Labute approximate surface area is 136 Å². The monoisotopic (exact) mass is 343 g/mol. The Morgan fingerprint density at radius 2 is 1.96 bits per heavy atom. The molecule has 1 fully saturated rings. The van der Waals surface area contributed by atoms with E-state index in [0.717, 1.165) is 6.26 Å². The van der Waals surface area contributed by atoms with Crippen molar-refractivity contribution in [3.05, 3.63) is 35.6 Å². The molecule has 2 rings (SSSR count). The van der Waals surface area contributed by atoms with Gasteiger partial charge in [0, 0.05) is 25.0 Å². The van der Waals surface area contributed by atoms with Crippen molar-refractivity contribution in [1.29, 1.82) is 0 Å². The molecule has 23 heavy (non-hydrogen) atoms. The molecule has 1 aromatic rings. The highest BCUT2D eigenvalue weighted by Crippen LogP contribution is 2.33. The Hall–Kier alpha value is -1.47. The molecular formula is C16H22FNO4S. The van der Waals surface area contributed by atoms with Gasteiger partial charge in [-0.3, -0.25) is 4.79 Å². The van der Waals surface area contributed by atoms with E-state index >= 15 is 0 Å². The lowest BCUT2D eigenvalue weighted by molar-refractivity contribution is -0.135. The van der Waals surface area contributed by atoms with Crippen LogP contribution in [0, 0.1) is 11.2 Å². The summed E-state index contributed by atoms with van der Waals surface area (Å²) in [7, 11) is -3.33. The van der Waals surface area contributed by atoms with E-state index in [1.165, 1.54) is 6.07 Å². The zero-order valence-corrected chi connectivity index (χ0v) is 14.2. The van der Waals surface area contributed by atoms with Gasteiger partial charge in [-0.1, -0.05) is 18.2 Å². The van der Waals surface area contributed by atoms with Crippen LogP contribution in [0.25, 0.3) is 0 Å². The van der Waals surface area contributed by atoms with Gasteiger partial charge in [0.05, 0.1) is 17.2 Å². The summed E-state index contributed by atoms with van der Waals surface area (Å²) < 4.78 is 42.6. The first-order valence-electron chi connectivity index (χ1n) is 7.54. The number of rotatable bonds is 5. The molecule has 1 aromatic carbocycles. The normalized spacial score (nSPS) is 19.1. The molecule has 0 spiro atoms. The minimum Gasteiger partial charge on any atom is -0.381 e. The summed E-state index contributed by atoms with van der Waals surface area (Å²) in [5, 5.41) is 2.77. The fraction of sp³-hybridized carbons (Fsp3) is 0.562. The minimum atomic E-state index is -3.33. The van der Waals surface area contributed by atoms with Crippen molar-refractivity contribution in [2.75, 3.05) is 25.2 Å². The van der Waals surface area contributed by atoms with Gasteiger partial charge < -0.3 is 10.1 Å². The van der Waals surface area contributed by atoms with Crippen LogP contribution >= 0.6 is 0 Å². The van der Waals surface area contributed by atoms with Crippen molar-refractivity contribution in [3.8, 4) is 0 Å². The highest BCUT2D eigenvalue weighted by molar-refractivity contribution is 7.90. The molecule has 1 aliphatic heterocycles. The maximum atomic E-state index is 13.8. The number of amides is 1. The van der Waals surface area contributed by atoms with E-state index in [9.17, 15) is 17.6 Å². The summed E-state index contributed by atoms with van der Waals surface area (Å²) in [5.74, 6) is -0.981. The maximum Gasteiger partial charge on any atom is 0.227 e. The van der Waals surface area contributed by atoms with E-state index < -0.39 is 27.1 Å².